The van der Waals surface area contributed by atoms with Crippen molar-refractivity contribution in [3.05, 3.63) is 54.2 Å². The molecule has 8 nitrogen and oxygen atoms in total. The predicted molar refractivity (Wildman–Crippen MR) is 113 cm³/mol. The fourth-order valence-corrected chi connectivity index (χ4v) is 4.20. The van der Waals surface area contributed by atoms with Crippen LogP contribution in [0.25, 0.3) is 28.1 Å². The van der Waals surface area contributed by atoms with E-state index in [0.29, 0.717) is 28.3 Å². The molecule has 1 aromatic carbocycles. The largest absolute Gasteiger partial charge is 0.403 e. The topological polar surface area (TPSA) is 124 Å². The molecule has 0 aliphatic heterocycles. The summed E-state index contributed by atoms with van der Waals surface area (Å²) in [5, 5.41) is 2.89. The Labute approximate surface area is 173 Å². The number of aromatic nitrogens is 3. The molecule has 9 heteroatoms. The minimum Gasteiger partial charge on any atom is -0.403 e. The van der Waals surface area contributed by atoms with Crippen LogP contribution in [0.4, 0.5) is 4.39 Å². The van der Waals surface area contributed by atoms with Crippen LogP contribution < -0.4 is 22.3 Å². The summed E-state index contributed by atoms with van der Waals surface area (Å²) < 4.78 is 16.7. The van der Waals surface area contributed by atoms with E-state index >= 15 is 0 Å². The van der Waals surface area contributed by atoms with Gasteiger partial charge in [-0.3, -0.25) is 15.6 Å². The number of fused-ring (bicyclic) bond motifs is 1. The van der Waals surface area contributed by atoms with E-state index in [9.17, 15) is 9.18 Å². The number of nitrogens with zero attached hydrogens (tertiary/aromatic N) is 3. The highest BCUT2D eigenvalue weighted by Crippen LogP contribution is 2.37. The molecular weight excluding hydrogens is 385 g/mol. The summed E-state index contributed by atoms with van der Waals surface area (Å²) in [6.45, 7) is 0. The Morgan fingerprint density at radius 2 is 2.13 bits per heavy atom. The second-order valence-corrected chi connectivity index (χ2v) is 7.37. The van der Waals surface area contributed by atoms with Crippen LogP contribution in [0, 0.1) is 5.82 Å². The van der Waals surface area contributed by atoms with Crippen LogP contribution in [0.3, 0.4) is 0 Å². The number of nitrogens with one attached hydrogen (secondary N) is 2. The Morgan fingerprint density at radius 3 is 2.87 bits per heavy atom. The van der Waals surface area contributed by atoms with Crippen molar-refractivity contribution in [3.8, 4) is 11.4 Å². The number of hydrogen-bond acceptors (Lipinski definition) is 6. The molecule has 4 rings (SSSR count). The SMILES string of the molecule is N/C=C(\NN)c1cc2c(cn1)nc(-c1ccccc1F)n2C1CCCC(NC=O)C1. The van der Waals surface area contributed by atoms with Gasteiger partial charge in [0.05, 0.1) is 28.7 Å². The smallest absolute Gasteiger partial charge is 0.207 e. The molecule has 0 spiro atoms. The summed E-state index contributed by atoms with van der Waals surface area (Å²) in [4.78, 5) is 20.1. The minimum absolute atomic E-state index is 0.0437. The van der Waals surface area contributed by atoms with E-state index in [1.807, 2.05) is 6.07 Å². The van der Waals surface area contributed by atoms with Crippen molar-refractivity contribution in [2.24, 2.45) is 11.6 Å². The summed E-state index contributed by atoms with van der Waals surface area (Å²) in [5.74, 6) is 5.75. The number of hydrazine groups is 1. The Balaban J connectivity index is 1.91. The van der Waals surface area contributed by atoms with Gasteiger partial charge < -0.3 is 21.0 Å². The van der Waals surface area contributed by atoms with E-state index < -0.39 is 0 Å². The van der Waals surface area contributed by atoms with Gasteiger partial charge in [0, 0.05) is 18.3 Å². The van der Waals surface area contributed by atoms with Crippen molar-refractivity contribution in [1.82, 2.24) is 25.3 Å². The lowest BCUT2D eigenvalue weighted by Crippen LogP contribution is -2.34. The van der Waals surface area contributed by atoms with Crippen LogP contribution in [0.2, 0.25) is 0 Å². The highest BCUT2D eigenvalue weighted by molar-refractivity contribution is 5.83. The molecule has 1 aliphatic carbocycles. The first-order valence-electron chi connectivity index (χ1n) is 9.87. The van der Waals surface area contributed by atoms with E-state index in [4.69, 9.17) is 16.6 Å². The molecule has 1 amide bonds. The van der Waals surface area contributed by atoms with Crippen LogP contribution >= 0.6 is 0 Å². The van der Waals surface area contributed by atoms with Crippen LogP contribution in [-0.2, 0) is 4.79 Å². The summed E-state index contributed by atoms with van der Waals surface area (Å²) in [6.07, 6.45) is 7.22. The van der Waals surface area contributed by atoms with Gasteiger partial charge in [0.15, 0.2) is 0 Å². The number of amides is 1. The minimum atomic E-state index is -0.341. The van der Waals surface area contributed by atoms with Gasteiger partial charge >= 0.3 is 0 Å². The van der Waals surface area contributed by atoms with Crippen LogP contribution in [0.15, 0.2) is 42.7 Å². The number of nitrogens with two attached hydrogens (primary N) is 2. The fraction of sp³-hybridized carbons (Fsp3) is 0.286. The molecule has 3 aromatic rings. The van der Waals surface area contributed by atoms with Crippen molar-refractivity contribution >= 4 is 23.1 Å². The van der Waals surface area contributed by atoms with Crippen LogP contribution in [-0.4, -0.2) is 27.0 Å². The number of benzene rings is 1. The van der Waals surface area contributed by atoms with Crippen molar-refractivity contribution in [2.45, 2.75) is 37.8 Å². The lowest BCUT2D eigenvalue weighted by atomic mass is 9.90. The quantitative estimate of drug-likeness (QED) is 0.281. The van der Waals surface area contributed by atoms with Gasteiger partial charge in [0.25, 0.3) is 0 Å². The number of halogens is 1. The zero-order chi connectivity index (χ0) is 21.1. The summed E-state index contributed by atoms with van der Waals surface area (Å²) in [7, 11) is 0. The van der Waals surface area contributed by atoms with Gasteiger partial charge in [-0.25, -0.2) is 9.37 Å². The molecular formula is C21H24FN7O. The van der Waals surface area contributed by atoms with E-state index in [-0.39, 0.29) is 17.9 Å². The van der Waals surface area contributed by atoms with Gasteiger partial charge in [0.1, 0.15) is 17.2 Å². The molecule has 2 atom stereocenters. The third-order valence-electron chi connectivity index (χ3n) is 5.60. The van der Waals surface area contributed by atoms with E-state index in [1.165, 1.54) is 12.3 Å². The van der Waals surface area contributed by atoms with E-state index in [0.717, 1.165) is 37.6 Å². The van der Waals surface area contributed by atoms with Crippen molar-refractivity contribution in [1.29, 1.82) is 0 Å². The molecule has 2 heterocycles. The number of hydrogen-bond donors (Lipinski definition) is 4. The van der Waals surface area contributed by atoms with Crippen LogP contribution in [0.5, 0.6) is 0 Å². The Bertz CT molecular complexity index is 1090. The molecule has 1 saturated carbocycles. The second kappa shape index (κ2) is 8.50. The number of imidazole rings is 1. The monoisotopic (exact) mass is 409 g/mol. The molecule has 2 unspecified atom stereocenters. The first-order chi connectivity index (χ1) is 14.7. The molecule has 156 valence electrons. The highest BCUT2D eigenvalue weighted by Gasteiger charge is 2.28. The van der Waals surface area contributed by atoms with Gasteiger partial charge in [-0.05, 0) is 43.9 Å². The molecule has 0 bridgehead atoms. The average Bonchev–Trinajstić information content (AvgIpc) is 3.14. The molecule has 6 N–H and O–H groups in total. The molecule has 2 aromatic heterocycles. The third kappa shape index (κ3) is 3.59. The number of carbonyl (C=O) groups excluding carboxylic acids is 1. The van der Waals surface area contributed by atoms with Gasteiger partial charge in [-0.2, -0.15) is 0 Å². The number of pyridine rings is 1. The summed E-state index contributed by atoms with van der Waals surface area (Å²) >= 11 is 0. The standard InChI is InChI=1S/C21H24FN7O/c22-16-7-2-1-6-15(16)21-27-19-11-25-17(18(10-23)28-24)9-20(19)29(21)14-5-3-4-13(8-14)26-12-30/h1-2,6-7,9-14,28H,3-5,8,23-24H2,(H,26,30)/b18-10-. The Kier molecular flexibility index (Phi) is 5.62. The Hall–Kier alpha value is -3.46. The summed E-state index contributed by atoms with van der Waals surface area (Å²) in [6, 6.07) is 8.55. The zero-order valence-electron chi connectivity index (χ0n) is 16.4. The molecule has 1 aliphatic rings. The van der Waals surface area contributed by atoms with Gasteiger partial charge in [-0.15, -0.1) is 0 Å². The molecule has 30 heavy (non-hydrogen) atoms. The normalized spacial score (nSPS) is 19.6. The number of carbonyl (C=O) groups is 1. The maximum atomic E-state index is 14.7. The zero-order valence-corrected chi connectivity index (χ0v) is 16.4. The Morgan fingerprint density at radius 1 is 1.30 bits per heavy atom. The van der Waals surface area contributed by atoms with Gasteiger partial charge in [-0.1, -0.05) is 12.1 Å². The fourth-order valence-electron chi connectivity index (χ4n) is 4.20. The molecule has 0 radical (unpaired) electrons. The molecule has 0 saturated heterocycles. The maximum absolute atomic E-state index is 14.7. The van der Waals surface area contributed by atoms with Crippen molar-refractivity contribution < 1.29 is 9.18 Å². The average molecular weight is 409 g/mol. The first-order valence-corrected chi connectivity index (χ1v) is 9.87. The maximum Gasteiger partial charge on any atom is 0.207 e. The second-order valence-electron chi connectivity index (χ2n) is 7.37. The van der Waals surface area contributed by atoms with E-state index in [1.54, 1.807) is 24.4 Å². The third-order valence-corrected chi connectivity index (χ3v) is 5.60. The predicted octanol–water partition coefficient (Wildman–Crippen LogP) is 2.19. The van der Waals surface area contributed by atoms with Crippen LogP contribution in [0.1, 0.15) is 37.4 Å². The van der Waals surface area contributed by atoms with Crippen molar-refractivity contribution in [3.63, 3.8) is 0 Å². The van der Waals surface area contributed by atoms with Crippen molar-refractivity contribution in [2.75, 3.05) is 0 Å². The summed E-state index contributed by atoms with van der Waals surface area (Å²) in [5.41, 5.74) is 11.1. The highest BCUT2D eigenvalue weighted by atomic mass is 19.1. The first kappa shape index (κ1) is 19.8. The lowest BCUT2D eigenvalue weighted by molar-refractivity contribution is -0.110. The molecule has 1 fully saturated rings. The lowest BCUT2D eigenvalue weighted by Gasteiger charge is -2.31. The van der Waals surface area contributed by atoms with Gasteiger partial charge in [0.2, 0.25) is 6.41 Å². The number of rotatable bonds is 6. The van der Waals surface area contributed by atoms with E-state index in [2.05, 4.69) is 20.3 Å².